The molecule has 0 saturated heterocycles. The van der Waals surface area contributed by atoms with Crippen molar-refractivity contribution in [3.05, 3.63) is 23.8 Å². The standard InChI is InChI=1S/C11H13NO3.ClH/c13-8-2-3-9-7(1-4-11(14)15)6-12-10(9)5-8;/h2-3,5,7,12-13H,1,4,6H2,(H,14,15);1H. The fraction of sp³-hybridized carbons (Fsp3) is 0.364. The second kappa shape index (κ2) is 5.07. The third-order valence-corrected chi connectivity index (χ3v) is 2.72. The summed E-state index contributed by atoms with van der Waals surface area (Å²) in [5.41, 5.74) is 2.03. The molecule has 0 bridgehead atoms. The summed E-state index contributed by atoms with van der Waals surface area (Å²) < 4.78 is 0. The van der Waals surface area contributed by atoms with Gasteiger partial charge in [-0.05, 0) is 18.1 Å². The lowest BCUT2D eigenvalue weighted by molar-refractivity contribution is -0.137. The summed E-state index contributed by atoms with van der Waals surface area (Å²) in [5.74, 6) is -0.279. The van der Waals surface area contributed by atoms with Crippen molar-refractivity contribution < 1.29 is 15.0 Å². The zero-order chi connectivity index (χ0) is 10.8. The largest absolute Gasteiger partial charge is 0.508 e. The summed E-state index contributed by atoms with van der Waals surface area (Å²) >= 11 is 0. The summed E-state index contributed by atoms with van der Waals surface area (Å²) in [7, 11) is 0. The molecule has 0 aliphatic carbocycles. The first kappa shape index (κ1) is 12.6. The average Bonchev–Trinajstić information content (AvgIpc) is 2.57. The first-order valence-corrected chi connectivity index (χ1v) is 4.95. The summed E-state index contributed by atoms with van der Waals surface area (Å²) in [6.45, 7) is 0.756. The zero-order valence-electron chi connectivity index (χ0n) is 8.64. The van der Waals surface area contributed by atoms with Crippen molar-refractivity contribution in [3.63, 3.8) is 0 Å². The van der Waals surface area contributed by atoms with Gasteiger partial charge in [0, 0.05) is 30.6 Å². The van der Waals surface area contributed by atoms with E-state index >= 15 is 0 Å². The number of carbonyl (C=O) groups is 1. The predicted octanol–water partition coefficient (Wildman–Crippen LogP) is 2.19. The van der Waals surface area contributed by atoms with Crippen LogP contribution < -0.4 is 5.32 Å². The van der Waals surface area contributed by atoms with Gasteiger partial charge in [-0.25, -0.2) is 0 Å². The van der Waals surface area contributed by atoms with Crippen LogP contribution >= 0.6 is 12.4 Å². The Bertz CT molecular complexity index is 395. The van der Waals surface area contributed by atoms with Crippen molar-refractivity contribution in [2.24, 2.45) is 0 Å². The maximum Gasteiger partial charge on any atom is 0.303 e. The third kappa shape index (κ3) is 2.58. The summed E-state index contributed by atoms with van der Waals surface area (Å²) in [4.78, 5) is 10.5. The van der Waals surface area contributed by atoms with Gasteiger partial charge in [0.05, 0.1) is 0 Å². The summed E-state index contributed by atoms with van der Waals surface area (Å²) in [6.07, 6.45) is 0.826. The van der Waals surface area contributed by atoms with E-state index in [1.54, 1.807) is 12.1 Å². The highest BCUT2D eigenvalue weighted by atomic mass is 35.5. The second-order valence-corrected chi connectivity index (χ2v) is 3.78. The molecule has 1 aromatic rings. The van der Waals surface area contributed by atoms with Crippen LogP contribution in [0.2, 0.25) is 0 Å². The zero-order valence-corrected chi connectivity index (χ0v) is 9.46. The molecular weight excluding hydrogens is 230 g/mol. The maximum atomic E-state index is 10.5. The number of aliphatic carboxylic acids is 1. The molecule has 0 radical (unpaired) electrons. The van der Waals surface area contributed by atoms with Crippen LogP contribution in [0.15, 0.2) is 18.2 Å². The van der Waals surface area contributed by atoms with Gasteiger partial charge in [-0.15, -0.1) is 12.4 Å². The smallest absolute Gasteiger partial charge is 0.303 e. The van der Waals surface area contributed by atoms with Crippen molar-refractivity contribution in [1.29, 1.82) is 0 Å². The Hall–Kier alpha value is -1.42. The number of aromatic hydroxyl groups is 1. The fourth-order valence-electron chi connectivity index (χ4n) is 1.95. The van der Waals surface area contributed by atoms with Crippen molar-refractivity contribution in [3.8, 4) is 5.75 Å². The normalized spacial score (nSPS) is 17.1. The molecule has 0 saturated carbocycles. The first-order chi connectivity index (χ1) is 7.16. The number of carboxylic acids is 1. The van der Waals surface area contributed by atoms with E-state index in [0.717, 1.165) is 17.8 Å². The lowest BCUT2D eigenvalue weighted by Crippen LogP contribution is -2.05. The number of phenols is 1. The molecule has 2 rings (SSSR count). The number of fused-ring (bicyclic) bond motifs is 1. The number of hydrogen-bond donors (Lipinski definition) is 3. The molecule has 1 aliphatic heterocycles. The van der Waals surface area contributed by atoms with Gasteiger partial charge < -0.3 is 15.5 Å². The van der Waals surface area contributed by atoms with E-state index in [4.69, 9.17) is 5.11 Å². The molecular formula is C11H14ClNO3. The Morgan fingerprint density at radius 2 is 2.25 bits per heavy atom. The quantitative estimate of drug-likeness (QED) is 0.761. The lowest BCUT2D eigenvalue weighted by atomic mass is 9.96. The van der Waals surface area contributed by atoms with Gasteiger partial charge in [0.15, 0.2) is 0 Å². The van der Waals surface area contributed by atoms with Crippen molar-refractivity contribution in [2.45, 2.75) is 18.8 Å². The highest BCUT2D eigenvalue weighted by Crippen LogP contribution is 2.36. The number of benzene rings is 1. The molecule has 1 unspecified atom stereocenters. The molecule has 0 aromatic heterocycles. The Balaban J connectivity index is 0.00000128. The van der Waals surface area contributed by atoms with Gasteiger partial charge in [-0.3, -0.25) is 4.79 Å². The van der Waals surface area contributed by atoms with Crippen LogP contribution in [-0.4, -0.2) is 22.7 Å². The van der Waals surface area contributed by atoms with E-state index in [0.29, 0.717) is 6.42 Å². The van der Waals surface area contributed by atoms with Crippen molar-refractivity contribution in [2.75, 3.05) is 11.9 Å². The molecule has 0 fully saturated rings. The minimum atomic E-state index is -0.762. The summed E-state index contributed by atoms with van der Waals surface area (Å²) in [6, 6.07) is 5.17. The molecule has 5 heteroatoms. The second-order valence-electron chi connectivity index (χ2n) is 3.78. The number of carboxylic acid groups (broad SMARTS) is 1. The minimum absolute atomic E-state index is 0. The molecule has 3 N–H and O–H groups in total. The predicted molar refractivity (Wildman–Crippen MR) is 63.5 cm³/mol. The maximum absolute atomic E-state index is 10.5. The van der Waals surface area contributed by atoms with Gasteiger partial charge in [0.1, 0.15) is 5.75 Å². The third-order valence-electron chi connectivity index (χ3n) is 2.72. The molecule has 4 nitrogen and oxygen atoms in total. The highest BCUT2D eigenvalue weighted by molar-refractivity contribution is 5.85. The molecule has 1 aromatic carbocycles. The topological polar surface area (TPSA) is 69.6 Å². The number of nitrogens with one attached hydrogen (secondary N) is 1. The van der Waals surface area contributed by atoms with Gasteiger partial charge in [-0.2, -0.15) is 0 Å². The van der Waals surface area contributed by atoms with E-state index in [1.165, 1.54) is 0 Å². The van der Waals surface area contributed by atoms with Crippen molar-refractivity contribution >= 4 is 24.1 Å². The van der Waals surface area contributed by atoms with Crippen LogP contribution in [0.4, 0.5) is 5.69 Å². The molecule has 1 aliphatic rings. The summed E-state index contributed by atoms with van der Waals surface area (Å²) in [5, 5.41) is 21.0. The number of hydrogen-bond acceptors (Lipinski definition) is 3. The Morgan fingerprint density at radius 1 is 1.50 bits per heavy atom. The van der Waals surface area contributed by atoms with Crippen molar-refractivity contribution in [1.82, 2.24) is 0 Å². The number of halogens is 1. The monoisotopic (exact) mass is 243 g/mol. The van der Waals surface area contributed by atoms with E-state index < -0.39 is 5.97 Å². The minimum Gasteiger partial charge on any atom is -0.508 e. The van der Waals surface area contributed by atoms with Gasteiger partial charge in [0.25, 0.3) is 0 Å². The van der Waals surface area contributed by atoms with E-state index in [-0.39, 0.29) is 30.5 Å². The highest BCUT2D eigenvalue weighted by Gasteiger charge is 2.22. The number of phenolic OH excluding ortho intramolecular Hbond substituents is 1. The Labute approximate surface area is 99.7 Å². The first-order valence-electron chi connectivity index (χ1n) is 4.95. The van der Waals surface area contributed by atoms with Gasteiger partial charge in [0.2, 0.25) is 0 Å². The average molecular weight is 244 g/mol. The van der Waals surface area contributed by atoms with E-state index in [9.17, 15) is 9.90 Å². The Kier molecular flexibility index (Phi) is 4.01. The number of anilines is 1. The van der Waals surface area contributed by atoms with Crippen LogP contribution in [0.25, 0.3) is 0 Å². The van der Waals surface area contributed by atoms with Crippen LogP contribution in [0.1, 0.15) is 24.3 Å². The van der Waals surface area contributed by atoms with Gasteiger partial charge in [-0.1, -0.05) is 6.07 Å². The van der Waals surface area contributed by atoms with Gasteiger partial charge >= 0.3 is 5.97 Å². The van der Waals surface area contributed by atoms with Crippen LogP contribution in [0.5, 0.6) is 5.75 Å². The lowest BCUT2D eigenvalue weighted by Gasteiger charge is -2.07. The molecule has 16 heavy (non-hydrogen) atoms. The van der Waals surface area contributed by atoms with Crippen LogP contribution in [0.3, 0.4) is 0 Å². The van der Waals surface area contributed by atoms with E-state index in [2.05, 4.69) is 5.32 Å². The number of rotatable bonds is 3. The molecule has 0 amide bonds. The van der Waals surface area contributed by atoms with Crippen LogP contribution in [-0.2, 0) is 4.79 Å². The SMILES string of the molecule is Cl.O=C(O)CCC1CNc2cc(O)ccc21. The molecule has 1 atom stereocenters. The Morgan fingerprint density at radius 3 is 2.94 bits per heavy atom. The van der Waals surface area contributed by atoms with Crippen LogP contribution in [0, 0.1) is 0 Å². The molecule has 1 heterocycles. The van der Waals surface area contributed by atoms with E-state index in [1.807, 2.05) is 6.07 Å². The molecule has 88 valence electrons. The fourth-order valence-corrected chi connectivity index (χ4v) is 1.95. The molecule has 0 spiro atoms.